The van der Waals surface area contributed by atoms with Crippen LogP contribution in [0.5, 0.6) is 0 Å². The molecule has 74 valence electrons. The number of carbonyl (C=O) groups is 1. The van der Waals surface area contributed by atoms with E-state index in [1.807, 2.05) is 0 Å². The van der Waals surface area contributed by atoms with Crippen LogP contribution in [0.25, 0.3) is 5.53 Å². The summed E-state index contributed by atoms with van der Waals surface area (Å²) in [6.45, 7) is 0. The van der Waals surface area contributed by atoms with Crippen molar-refractivity contribution in [3.63, 3.8) is 0 Å². The van der Waals surface area contributed by atoms with Crippen molar-refractivity contribution in [2.45, 2.75) is 6.23 Å². The Morgan fingerprint density at radius 3 is 2.23 bits per heavy atom. The van der Waals surface area contributed by atoms with Crippen LogP contribution in [0.4, 0.5) is 0 Å². The predicted octanol–water partition coefficient (Wildman–Crippen LogP) is -0.636. The van der Waals surface area contributed by atoms with Crippen LogP contribution in [-0.4, -0.2) is 55.9 Å². The van der Waals surface area contributed by atoms with Gasteiger partial charge in [0, 0.05) is 7.11 Å². The summed E-state index contributed by atoms with van der Waals surface area (Å²) in [7, 11) is 5.97. The van der Waals surface area contributed by atoms with Gasteiger partial charge >= 0.3 is 11.7 Å². The molecule has 0 saturated carbocycles. The first-order chi connectivity index (χ1) is 6.08. The minimum Gasteiger partial charge on any atom is -0.460 e. The van der Waals surface area contributed by atoms with Gasteiger partial charge in [0.15, 0.2) is 0 Å². The van der Waals surface area contributed by atoms with E-state index in [2.05, 4.69) is 9.53 Å². The second-order valence-corrected chi connectivity index (χ2v) is 2.53. The van der Waals surface area contributed by atoms with Crippen LogP contribution in [-0.2, 0) is 14.3 Å². The molecule has 0 fully saturated rings. The summed E-state index contributed by atoms with van der Waals surface area (Å²) in [4.78, 5) is 15.4. The normalized spacial score (nSPS) is 12.1. The Kier molecular flexibility index (Phi) is 4.91. The van der Waals surface area contributed by atoms with Crippen molar-refractivity contribution in [2.75, 3.05) is 28.3 Å². The number of hydrogen-bond acceptors (Lipinski definition) is 4. The van der Waals surface area contributed by atoms with E-state index >= 15 is 0 Å². The van der Waals surface area contributed by atoms with E-state index in [1.165, 1.54) is 14.2 Å². The molecule has 0 heterocycles. The third-order valence-corrected chi connectivity index (χ3v) is 1.43. The van der Waals surface area contributed by atoms with Gasteiger partial charge in [0.25, 0.3) is 0 Å². The van der Waals surface area contributed by atoms with Crippen molar-refractivity contribution < 1.29 is 19.1 Å². The topological polar surface area (TPSA) is 75.2 Å². The average molecular weight is 187 g/mol. The van der Waals surface area contributed by atoms with Gasteiger partial charge in [-0.15, -0.1) is 0 Å². The fourth-order valence-corrected chi connectivity index (χ4v) is 0.863. The van der Waals surface area contributed by atoms with Gasteiger partial charge in [0.2, 0.25) is 6.23 Å². The molecule has 0 unspecified atom stereocenters. The second kappa shape index (κ2) is 5.42. The van der Waals surface area contributed by atoms with E-state index in [0.29, 0.717) is 0 Å². The molecule has 0 spiro atoms. The Morgan fingerprint density at radius 1 is 1.46 bits per heavy atom. The second-order valence-electron chi connectivity index (χ2n) is 2.53. The highest BCUT2D eigenvalue weighted by atomic mass is 16.5. The molecule has 0 aromatic heterocycles. The van der Waals surface area contributed by atoms with Crippen molar-refractivity contribution in [1.29, 1.82) is 0 Å². The molecule has 0 rings (SSSR count). The number of methoxy groups -OCH3 is 2. The molecular formula is C7H13N3O3. The summed E-state index contributed by atoms with van der Waals surface area (Å²) in [5.74, 6) is -0.719. The van der Waals surface area contributed by atoms with E-state index in [0.717, 1.165) is 0 Å². The zero-order valence-electron chi connectivity index (χ0n) is 8.14. The molecule has 0 amide bonds. The lowest BCUT2D eigenvalue weighted by molar-refractivity contribution is -0.141. The molecule has 0 radical (unpaired) electrons. The number of carbonyl (C=O) groups excluding carboxylic acids is 1. The van der Waals surface area contributed by atoms with Gasteiger partial charge in [-0.3, -0.25) is 4.90 Å². The first kappa shape index (κ1) is 11.8. The van der Waals surface area contributed by atoms with Crippen LogP contribution < -0.4 is 0 Å². The molecule has 6 heteroatoms. The fraction of sp³-hybridized carbons (Fsp3) is 0.714. The maximum Gasteiger partial charge on any atom is 0.421 e. The zero-order chi connectivity index (χ0) is 10.4. The van der Waals surface area contributed by atoms with E-state index in [4.69, 9.17) is 10.3 Å². The molecule has 1 atom stereocenters. The van der Waals surface area contributed by atoms with Gasteiger partial charge in [-0.25, -0.2) is 4.79 Å². The van der Waals surface area contributed by atoms with E-state index in [9.17, 15) is 4.79 Å². The molecule has 0 saturated heterocycles. The monoisotopic (exact) mass is 187 g/mol. The van der Waals surface area contributed by atoms with Crippen molar-refractivity contribution in [3.05, 3.63) is 5.53 Å². The van der Waals surface area contributed by atoms with E-state index < -0.39 is 12.2 Å². The fourth-order valence-electron chi connectivity index (χ4n) is 0.863. The molecular weight excluding hydrogens is 174 g/mol. The standard InChI is InChI=1S/C7H13N3O3/c1-10(2)6(12-3)5(9-8)7(11)13-4/h6H,1-4H3/t6-/m0/s1. The summed E-state index contributed by atoms with van der Waals surface area (Å²) >= 11 is 0. The van der Waals surface area contributed by atoms with Crippen molar-refractivity contribution in [2.24, 2.45) is 0 Å². The molecule has 0 aliphatic rings. The number of ether oxygens (including phenoxy) is 2. The lowest BCUT2D eigenvalue weighted by Crippen LogP contribution is -2.42. The molecule has 13 heavy (non-hydrogen) atoms. The largest absolute Gasteiger partial charge is 0.460 e. The lowest BCUT2D eigenvalue weighted by Gasteiger charge is -2.16. The van der Waals surface area contributed by atoms with E-state index in [1.54, 1.807) is 19.0 Å². The summed E-state index contributed by atoms with van der Waals surface area (Å²) < 4.78 is 9.32. The van der Waals surface area contributed by atoms with Crippen LogP contribution in [0, 0.1) is 0 Å². The molecule has 0 N–H and O–H groups in total. The van der Waals surface area contributed by atoms with Gasteiger partial charge < -0.3 is 15.0 Å². The molecule has 0 aromatic rings. The number of esters is 1. The van der Waals surface area contributed by atoms with Crippen LogP contribution >= 0.6 is 0 Å². The Hall–Kier alpha value is -1.23. The van der Waals surface area contributed by atoms with Crippen LogP contribution in [0.15, 0.2) is 0 Å². The van der Waals surface area contributed by atoms with Crippen LogP contribution in [0.3, 0.4) is 0 Å². The number of rotatable bonds is 4. The summed E-state index contributed by atoms with van der Waals surface area (Å²) in [6.07, 6.45) is -0.711. The smallest absolute Gasteiger partial charge is 0.421 e. The molecule has 6 nitrogen and oxygen atoms in total. The van der Waals surface area contributed by atoms with Gasteiger partial charge in [0.05, 0.1) is 7.11 Å². The van der Waals surface area contributed by atoms with Gasteiger partial charge in [-0.05, 0) is 14.1 Å². The summed E-state index contributed by atoms with van der Waals surface area (Å²) in [6, 6.07) is 0. The predicted molar refractivity (Wildman–Crippen MR) is 45.1 cm³/mol. The number of nitrogens with zero attached hydrogens (tertiary/aromatic N) is 3. The third kappa shape index (κ3) is 2.95. The highest BCUT2D eigenvalue weighted by Gasteiger charge is 2.33. The Labute approximate surface area is 76.7 Å². The SMILES string of the molecule is COC(=O)C(=[N+]=[N-])[C@H](OC)N(C)C. The van der Waals surface area contributed by atoms with Gasteiger partial charge in [0.1, 0.15) is 0 Å². The number of hydrogen-bond donors (Lipinski definition) is 0. The van der Waals surface area contributed by atoms with Crippen molar-refractivity contribution >= 4 is 11.7 Å². The quantitative estimate of drug-likeness (QED) is 0.193. The molecule has 0 aliphatic carbocycles. The third-order valence-electron chi connectivity index (χ3n) is 1.43. The van der Waals surface area contributed by atoms with Gasteiger partial charge in [-0.2, -0.15) is 4.79 Å². The Bertz CT molecular complexity index is 233. The minimum atomic E-state index is -0.719. The first-order valence-corrected chi connectivity index (χ1v) is 3.58. The zero-order valence-corrected chi connectivity index (χ0v) is 8.14. The highest BCUT2D eigenvalue weighted by Crippen LogP contribution is 1.97. The van der Waals surface area contributed by atoms with Crippen molar-refractivity contribution in [1.82, 2.24) is 4.90 Å². The Morgan fingerprint density at radius 2 is 2.00 bits per heavy atom. The van der Waals surface area contributed by atoms with Gasteiger partial charge in [-0.1, -0.05) is 0 Å². The average Bonchev–Trinajstić information content (AvgIpc) is 2.12. The lowest BCUT2D eigenvalue weighted by atomic mass is 10.3. The van der Waals surface area contributed by atoms with E-state index in [-0.39, 0.29) is 5.71 Å². The molecule has 0 aliphatic heterocycles. The summed E-state index contributed by atoms with van der Waals surface area (Å²) in [5.41, 5.74) is 8.37. The molecule has 0 aromatic carbocycles. The molecule has 0 bridgehead atoms. The van der Waals surface area contributed by atoms with Crippen molar-refractivity contribution in [3.8, 4) is 0 Å². The minimum absolute atomic E-state index is 0.185. The first-order valence-electron chi connectivity index (χ1n) is 3.58. The maximum absolute atomic E-state index is 11.0. The van der Waals surface area contributed by atoms with Crippen LogP contribution in [0.1, 0.15) is 0 Å². The summed E-state index contributed by atoms with van der Waals surface area (Å²) in [5, 5.41) is 0. The Balaban J connectivity index is 4.75. The highest BCUT2D eigenvalue weighted by molar-refractivity contribution is 6.35. The maximum atomic E-state index is 11.0. The van der Waals surface area contributed by atoms with Crippen LogP contribution in [0.2, 0.25) is 0 Å².